The molecule has 0 bridgehead atoms. The lowest BCUT2D eigenvalue weighted by atomic mass is 10.2. The number of phenols is 1. The molecule has 4 heteroatoms. The van der Waals surface area contributed by atoms with Crippen LogP contribution in [0.1, 0.15) is 0 Å². The Labute approximate surface area is 75.3 Å². The number of aromatic hydroxyl groups is 1. The van der Waals surface area contributed by atoms with Crippen molar-refractivity contribution < 1.29 is 5.11 Å². The second-order valence-corrected chi connectivity index (χ2v) is 2.72. The monoisotopic (exact) mass is 175 g/mol. The summed E-state index contributed by atoms with van der Waals surface area (Å²) in [7, 11) is 0. The van der Waals surface area contributed by atoms with Gasteiger partial charge in [-0.05, 0) is 12.1 Å². The van der Waals surface area contributed by atoms with Crippen LogP contribution in [0.15, 0.2) is 36.9 Å². The van der Waals surface area contributed by atoms with Gasteiger partial charge in [-0.25, -0.2) is 4.98 Å². The first-order chi connectivity index (χ1) is 6.27. The van der Waals surface area contributed by atoms with Crippen molar-refractivity contribution in [3.8, 4) is 11.4 Å². The number of hydrogen-bond donors (Lipinski definition) is 2. The molecule has 13 heavy (non-hydrogen) atoms. The Morgan fingerprint density at radius 2 is 2.23 bits per heavy atom. The smallest absolute Gasteiger partial charge is 0.141 e. The molecule has 66 valence electrons. The highest BCUT2D eigenvalue weighted by atomic mass is 16.3. The summed E-state index contributed by atoms with van der Waals surface area (Å²) < 4.78 is 1.72. The van der Waals surface area contributed by atoms with Crippen molar-refractivity contribution >= 4 is 5.69 Å². The average Bonchev–Trinajstić information content (AvgIpc) is 2.56. The van der Waals surface area contributed by atoms with Crippen LogP contribution in [0.5, 0.6) is 5.75 Å². The number of anilines is 1. The molecule has 4 nitrogen and oxygen atoms in total. The standard InChI is InChI=1S/C9H9N3O/c10-7-1-2-8(9(13)5-7)12-4-3-11-6-12/h1-6,13H,10H2. The van der Waals surface area contributed by atoms with Gasteiger partial charge in [-0.15, -0.1) is 0 Å². The average molecular weight is 175 g/mol. The van der Waals surface area contributed by atoms with Crippen LogP contribution < -0.4 is 5.73 Å². The quantitative estimate of drug-likeness (QED) is 0.639. The van der Waals surface area contributed by atoms with Gasteiger partial charge in [0, 0.05) is 24.1 Å². The SMILES string of the molecule is Nc1ccc(-n2ccnc2)c(O)c1. The molecule has 0 aliphatic rings. The number of nitrogen functional groups attached to an aromatic ring is 1. The summed E-state index contributed by atoms with van der Waals surface area (Å²) in [6, 6.07) is 4.98. The summed E-state index contributed by atoms with van der Waals surface area (Å²) in [6.45, 7) is 0. The van der Waals surface area contributed by atoms with E-state index in [-0.39, 0.29) is 5.75 Å². The van der Waals surface area contributed by atoms with Gasteiger partial charge >= 0.3 is 0 Å². The van der Waals surface area contributed by atoms with E-state index in [2.05, 4.69) is 4.98 Å². The third-order valence-corrected chi connectivity index (χ3v) is 1.78. The second-order valence-electron chi connectivity index (χ2n) is 2.72. The maximum Gasteiger partial charge on any atom is 0.141 e. The molecule has 0 fully saturated rings. The number of phenolic OH excluding ortho intramolecular Hbond substituents is 1. The Morgan fingerprint density at radius 1 is 1.38 bits per heavy atom. The van der Waals surface area contributed by atoms with Crippen LogP contribution >= 0.6 is 0 Å². The molecule has 1 aromatic carbocycles. The molecule has 0 radical (unpaired) electrons. The maximum absolute atomic E-state index is 9.53. The zero-order valence-electron chi connectivity index (χ0n) is 6.88. The van der Waals surface area contributed by atoms with E-state index in [1.165, 1.54) is 6.07 Å². The van der Waals surface area contributed by atoms with E-state index in [9.17, 15) is 5.11 Å². The molecule has 1 aromatic heterocycles. The van der Waals surface area contributed by atoms with Gasteiger partial charge in [-0.3, -0.25) is 0 Å². The summed E-state index contributed by atoms with van der Waals surface area (Å²) in [4.78, 5) is 3.88. The predicted molar refractivity (Wildman–Crippen MR) is 49.6 cm³/mol. The summed E-state index contributed by atoms with van der Waals surface area (Å²) >= 11 is 0. The molecule has 2 aromatic rings. The molecule has 3 N–H and O–H groups in total. The second kappa shape index (κ2) is 2.82. The molecule has 0 unspecified atom stereocenters. The number of aromatic nitrogens is 2. The maximum atomic E-state index is 9.53. The Bertz CT molecular complexity index is 409. The topological polar surface area (TPSA) is 64.1 Å². The van der Waals surface area contributed by atoms with Gasteiger partial charge in [0.2, 0.25) is 0 Å². The first-order valence-electron chi connectivity index (χ1n) is 3.84. The minimum absolute atomic E-state index is 0.151. The molecule has 0 amide bonds. The van der Waals surface area contributed by atoms with Crippen LogP contribution in [0, 0.1) is 0 Å². The number of rotatable bonds is 1. The number of nitrogens with zero attached hydrogens (tertiary/aromatic N) is 2. The molecule has 0 saturated heterocycles. The van der Waals surface area contributed by atoms with Gasteiger partial charge in [0.15, 0.2) is 0 Å². The summed E-state index contributed by atoms with van der Waals surface area (Å²) in [5, 5.41) is 9.53. The highest BCUT2D eigenvalue weighted by Gasteiger charge is 2.01. The van der Waals surface area contributed by atoms with E-state index in [1.807, 2.05) is 0 Å². The third kappa shape index (κ3) is 1.33. The van der Waals surface area contributed by atoms with E-state index in [0.29, 0.717) is 11.4 Å². The van der Waals surface area contributed by atoms with Crippen LogP contribution in [-0.4, -0.2) is 14.7 Å². The minimum atomic E-state index is 0.151. The number of nitrogens with two attached hydrogens (primary N) is 1. The largest absolute Gasteiger partial charge is 0.506 e. The van der Waals surface area contributed by atoms with E-state index >= 15 is 0 Å². The summed E-state index contributed by atoms with van der Waals surface area (Å²) in [6.07, 6.45) is 5.02. The molecule has 2 rings (SSSR count). The van der Waals surface area contributed by atoms with Gasteiger partial charge < -0.3 is 15.4 Å². The van der Waals surface area contributed by atoms with Crippen LogP contribution in [0.3, 0.4) is 0 Å². The van der Waals surface area contributed by atoms with Gasteiger partial charge in [0.05, 0.1) is 12.0 Å². The van der Waals surface area contributed by atoms with Gasteiger partial charge in [0.1, 0.15) is 5.75 Å². The van der Waals surface area contributed by atoms with Gasteiger partial charge in [-0.2, -0.15) is 0 Å². The third-order valence-electron chi connectivity index (χ3n) is 1.78. The van der Waals surface area contributed by atoms with Crippen molar-refractivity contribution in [1.29, 1.82) is 0 Å². The lowest BCUT2D eigenvalue weighted by Crippen LogP contribution is -1.92. The van der Waals surface area contributed by atoms with Crippen molar-refractivity contribution in [2.75, 3.05) is 5.73 Å². The Hall–Kier alpha value is -1.97. The van der Waals surface area contributed by atoms with E-state index in [0.717, 1.165) is 0 Å². The molecule has 0 saturated carbocycles. The zero-order valence-corrected chi connectivity index (χ0v) is 6.88. The van der Waals surface area contributed by atoms with Crippen LogP contribution in [0.4, 0.5) is 5.69 Å². The first-order valence-corrected chi connectivity index (χ1v) is 3.84. The first kappa shape index (κ1) is 7.67. The number of benzene rings is 1. The number of hydrogen-bond acceptors (Lipinski definition) is 3. The van der Waals surface area contributed by atoms with Crippen molar-refractivity contribution in [2.45, 2.75) is 0 Å². The lowest BCUT2D eigenvalue weighted by molar-refractivity contribution is 0.472. The number of imidazole rings is 1. The molecular formula is C9H9N3O. The van der Waals surface area contributed by atoms with E-state index in [1.54, 1.807) is 35.4 Å². The van der Waals surface area contributed by atoms with Crippen molar-refractivity contribution in [3.63, 3.8) is 0 Å². The summed E-state index contributed by atoms with van der Waals surface area (Å²) in [5.74, 6) is 0.151. The molecule has 1 heterocycles. The van der Waals surface area contributed by atoms with Crippen molar-refractivity contribution in [1.82, 2.24) is 9.55 Å². The van der Waals surface area contributed by atoms with Crippen LogP contribution in [-0.2, 0) is 0 Å². The highest BCUT2D eigenvalue weighted by Crippen LogP contribution is 2.23. The summed E-state index contributed by atoms with van der Waals surface area (Å²) in [5.41, 5.74) is 6.71. The molecule has 0 atom stereocenters. The fraction of sp³-hybridized carbons (Fsp3) is 0. The molecular weight excluding hydrogens is 166 g/mol. The fourth-order valence-electron chi connectivity index (χ4n) is 1.16. The molecule has 0 spiro atoms. The van der Waals surface area contributed by atoms with Crippen molar-refractivity contribution in [2.24, 2.45) is 0 Å². The molecule has 0 aliphatic carbocycles. The predicted octanol–water partition coefficient (Wildman–Crippen LogP) is 1.16. The Balaban J connectivity index is 2.53. The van der Waals surface area contributed by atoms with Gasteiger partial charge in [-0.1, -0.05) is 0 Å². The normalized spacial score (nSPS) is 10.2. The van der Waals surface area contributed by atoms with Crippen molar-refractivity contribution in [3.05, 3.63) is 36.9 Å². The lowest BCUT2D eigenvalue weighted by Gasteiger charge is -2.04. The van der Waals surface area contributed by atoms with E-state index < -0.39 is 0 Å². The Kier molecular flexibility index (Phi) is 1.66. The van der Waals surface area contributed by atoms with E-state index in [4.69, 9.17) is 5.73 Å². The fourth-order valence-corrected chi connectivity index (χ4v) is 1.16. The van der Waals surface area contributed by atoms with Crippen LogP contribution in [0.2, 0.25) is 0 Å². The van der Waals surface area contributed by atoms with Gasteiger partial charge in [0.25, 0.3) is 0 Å². The Morgan fingerprint density at radius 3 is 2.85 bits per heavy atom. The highest BCUT2D eigenvalue weighted by molar-refractivity contribution is 5.54. The zero-order chi connectivity index (χ0) is 9.26. The minimum Gasteiger partial charge on any atom is -0.506 e. The van der Waals surface area contributed by atoms with Crippen LogP contribution in [0.25, 0.3) is 5.69 Å². The molecule has 0 aliphatic heterocycles.